The van der Waals surface area contributed by atoms with Crippen LogP contribution < -0.4 is 0 Å². The summed E-state index contributed by atoms with van der Waals surface area (Å²) >= 11 is 0. The van der Waals surface area contributed by atoms with E-state index in [1.54, 1.807) is 12.1 Å². The molecule has 5 heteroatoms. The van der Waals surface area contributed by atoms with E-state index in [9.17, 15) is 13.0 Å². The Morgan fingerprint density at radius 1 is 0.760 bits per heavy atom. The maximum atomic E-state index is 11.3. The van der Waals surface area contributed by atoms with E-state index in [-0.39, 0.29) is 42.6 Å². The van der Waals surface area contributed by atoms with Crippen molar-refractivity contribution in [3.63, 3.8) is 0 Å². The van der Waals surface area contributed by atoms with Crippen LogP contribution in [0.3, 0.4) is 0 Å². The molecule has 0 aromatic heterocycles. The third-order valence-corrected chi connectivity index (χ3v) is 5.50. The van der Waals surface area contributed by atoms with E-state index in [2.05, 4.69) is 6.92 Å². The monoisotopic (exact) mass is 396 g/mol. The van der Waals surface area contributed by atoms with Crippen molar-refractivity contribution >= 4 is 47.9 Å². The Hall–Kier alpha value is 0.390. The van der Waals surface area contributed by atoms with Gasteiger partial charge in [0.15, 0.2) is 0 Å². The number of aryl methyl sites for hydroxylation is 1. The molecule has 1 aromatic carbocycles. The minimum atomic E-state index is -4.10. The van der Waals surface area contributed by atoms with Gasteiger partial charge in [-0.1, -0.05) is 95.8 Å². The third-order valence-electron chi connectivity index (χ3n) is 4.55. The molecule has 0 aliphatic heterocycles. The Morgan fingerprint density at radius 2 is 1.20 bits per heavy atom. The number of benzene rings is 1. The second kappa shape index (κ2) is 15.4. The van der Waals surface area contributed by atoms with E-state index in [0.717, 1.165) is 18.4 Å². The van der Waals surface area contributed by atoms with Crippen molar-refractivity contribution in [2.75, 3.05) is 0 Å². The summed E-state index contributed by atoms with van der Waals surface area (Å²) in [6.07, 6.45) is 16.2. The van der Waals surface area contributed by atoms with Crippen molar-refractivity contribution < 1.29 is 13.0 Å². The van der Waals surface area contributed by atoms with Crippen LogP contribution >= 0.6 is 0 Å². The SMILES string of the molecule is CCCCCCCCCCCCCCc1ccccc1S(=O)(=O)O.[CaH2]. The van der Waals surface area contributed by atoms with Crippen molar-refractivity contribution in [3.05, 3.63) is 29.8 Å². The average Bonchev–Trinajstić information content (AvgIpc) is 2.55. The van der Waals surface area contributed by atoms with Crippen LogP contribution in [-0.4, -0.2) is 50.7 Å². The molecule has 0 unspecified atom stereocenters. The van der Waals surface area contributed by atoms with E-state index < -0.39 is 10.1 Å². The van der Waals surface area contributed by atoms with Gasteiger partial charge in [-0.15, -0.1) is 0 Å². The first-order valence-corrected chi connectivity index (χ1v) is 11.0. The van der Waals surface area contributed by atoms with Gasteiger partial charge in [0.05, 0.1) is 4.90 Å². The zero-order chi connectivity index (χ0) is 17.7. The van der Waals surface area contributed by atoms with Crippen molar-refractivity contribution in [1.29, 1.82) is 0 Å². The van der Waals surface area contributed by atoms with Gasteiger partial charge in [-0.25, -0.2) is 0 Å². The van der Waals surface area contributed by atoms with Crippen LogP contribution in [0, 0.1) is 0 Å². The number of hydrogen-bond acceptors (Lipinski definition) is 2. The van der Waals surface area contributed by atoms with Crippen LogP contribution in [-0.2, 0) is 16.5 Å². The third kappa shape index (κ3) is 12.4. The second-order valence-electron chi connectivity index (χ2n) is 6.72. The zero-order valence-corrected chi connectivity index (χ0v) is 16.0. The zero-order valence-electron chi connectivity index (χ0n) is 15.2. The molecule has 25 heavy (non-hydrogen) atoms. The number of unbranched alkanes of at least 4 members (excludes halogenated alkanes) is 11. The molecule has 3 nitrogen and oxygen atoms in total. The van der Waals surface area contributed by atoms with Crippen LogP contribution in [0.4, 0.5) is 0 Å². The quantitative estimate of drug-likeness (QED) is 0.265. The minimum absolute atomic E-state index is 0. The first-order chi connectivity index (χ1) is 11.6. The van der Waals surface area contributed by atoms with Gasteiger partial charge in [-0.2, -0.15) is 8.42 Å². The molecule has 0 fully saturated rings. The summed E-state index contributed by atoms with van der Waals surface area (Å²) in [4.78, 5) is 0.0630. The fraction of sp³-hybridized carbons (Fsp3) is 0.700. The average molecular weight is 397 g/mol. The number of rotatable bonds is 14. The molecule has 0 spiro atoms. The summed E-state index contributed by atoms with van der Waals surface area (Å²) < 4.78 is 31.9. The molecule has 142 valence electrons. The standard InChI is InChI=1S/C20H34O3S.Ca.2H/c1-2-3-4-5-6-7-8-9-10-11-12-13-16-19-17-14-15-18-20(19)24(21,22)23;;;/h14-15,17-18H,2-13,16H2,1H3,(H,21,22,23);;;. The van der Waals surface area contributed by atoms with Gasteiger partial charge in [0.25, 0.3) is 10.1 Å². The predicted octanol–water partition coefficient (Wildman–Crippen LogP) is 5.26. The van der Waals surface area contributed by atoms with Crippen LogP contribution in [0.1, 0.15) is 89.5 Å². The molecule has 0 aliphatic rings. The van der Waals surface area contributed by atoms with Crippen molar-refractivity contribution in [2.24, 2.45) is 0 Å². The number of hydrogen-bond donors (Lipinski definition) is 1. The summed E-state index contributed by atoms with van der Waals surface area (Å²) in [6.45, 7) is 2.25. The Bertz CT molecular complexity index is 544. The molecule has 0 radical (unpaired) electrons. The summed E-state index contributed by atoms with van der Waals surface area (Å²) in [7, 11) is -4.10. The van der Waals surface area contributed by atoms with Gasteiger partial charge < -0.3 is 0 Å². The summed E-state index contributed by atoms with van der Waals surface area (Å²) in [5.41, 5.74) is 0.729. The Morgan fingerprint density at radius 3 is 1.68 bits per heavy atom. The summed E-state index contributed by atoms with van der Waals surface area (Å²) in [5.74, 6) is 0. The van der Waals surface area contributed by atoms with Crippen molar-refractivity contribution in [1.82, 2.24) is 0 Å². The Kier molecular flexibility index (Phi) is 15.7. The molecular formula is C20H36CaO3S. The van der Waals surface area contributed by atoms with E-state index in [0.29, 0.717) is 6.42 Å². The van der Waals surface area contributed by atoms with E-state index in [1.807, 2.05) is 6.07 Å². The van der Waals surface area contributed by atoms with Crippen LogP contribution in [0.25, 0.3) is 0 Å². The van der Waals surface area contributed by atoms with Crippen LogP contribution in [0.2, 0.25) is 0 Å². The molecule has 0 amide bonds. The van der Waals surface area contributed by atoms with E-state index in [4.69, 9.17) is 0 Å². The molecule has 1 rings (SSSR count). The van der Waals surface area contributed by atoms with Gasteiger partial charge in [-0.05, 0) is 24.5 Å². The molecule has 0 bridgehead atoms. The fourth-order valence-electron chi connectivity index (χ4n) is 3.12. The van der Waals surface area contributed by atoms with Gasteiger partial charge >= 0.3 is 37.7 Å². The second-order valence-corrected chi connectivity index (χ2v) is 8.11. The van der Waals surface area contributed by atoms with E-state index in [1.165, 1.54) is 70.3 Å². The van der Waals surface area contributed by atoms with Crippen LogP contribution in [0.5, 0.6) is 0 Å². The van der Waals surface area contributed by atoms with Gasteiger partial charge in [-0.3, -0.25) is 4.55 Å². The maximum absolute atomic E-state index is 11.3. The van der Waals surface area contributed by atoms with Crippen molar-refractivity contribution in [2.45, 2.75) is 95.3 Å². The van der Waals surface area contributed by atoms with Gasteiger partial charge in [0.2, 0.25) is 0 Å². The molecule has 1 N–H and O–H groups in total. The molecule has 0 saturated heterocycles. The summed E-state index contributed by atoms with van der Waals surface area (Å²) in [6, 6.07) is 6.74. The molecule has 1 aromatic rings. The molecule has 0 saturated carbocycles. The van der Waals surface area contributed by atoms with Gasteiger partial charge in [0, 0.05) is 0 Å². The molecule has 0 atom stereocenters. The summed E-state index contributed by atoms with van der Waals surface area (Å²) in [5, 5.41) is 0. The first kappa shape index (κ1) is 25.4. The first-order valence-electron chi connectivity index (χ1n) is 9.61. The Balaban J connectivity index is 0.00000576. The predicted molar refractivity (Wildman–Crippen MR) is 110 cm³/mol. The molecule has 0 aliphatic carbocycles. The fourth-order valence-corrected chi connectivity index (χ4v) is 3.87. The molecular weight excluding hydrogens is 360 g/mol. The molecule has 0 heterocycles. The normalized spacial score (nSPS) is 11.3. The van der Waals surface area contributed by atoms with E-state index >= 15 is 0 Å². The topological polar surface area (TPSA) is 54.4 Å². The van der Waals surface area contributed by atoms with Crippen LogP contribution in [0.15, 0.2) is 29.2 Å². The van der Waals surface area contributed by atoms with Gasteiger partial charge in [0.1, 0.15) is 0 Å². The Labute approximate surface area is 184 Å². The van der Waals surface area contributed by atoms with Crippen molar-refractivity contribution in [3.8, 4) is 0 Å².